The van der Waals surface area contributed by atoms with Crippen LogP contribution in [0.15, 0.2) is 0 Å². The van der Waals surface area contributed by atoms with Crippen molar-refractivity contribution in [1.29, 1.82) is 0 Å². The summed E-state index contributed by atoms with van der Waals surface area (Å²) in [5.41, 5.74) is 0. The van der Waals surface area contributed by atoms with E-state index < -0.39 is 6.10 Å². The van der Waals surface area contributed by atoms with Crippen LogP contribution >= 0.6 is 0 Å². The number of aliphatic hydroxyl groups excluding tert-OH is 3. The summed E-state index contributed by atoms with van der Waals surface area (Å²) in [7, 11) is 0. The molecule has 0 aromatic heterocycles. The lowest BCUT2D eigenvalue weighted by molar-refractivity contribution is -0.0889. The van der Waals surface area contributed by atoms with E-state index in [0.717, 1.165) is 6.42 Å². The first-order valence-electron chi connectivity index (χ1n) is 4.67. The summed E-state index contributed by atoms with van der Waals surface area (Å²) in [5, 5.41) is 26.4. The van der Waals surface area contributed by atoms with Crippen LogP contribution in [-0.4, -0.2) is 47.3 Å². The molecule has 0 amide bonds. The number of hydrogen-bond acceptors (Lipinski definition) is 4. The Labute approximate surface area is 79.2 Å². The van der Waals surface area contributed by atoms with E-state index in [1.54, 1.807) is 0 Å². The molecule has 0 radical (unpaired) electrons. The van der Waals surface area contributed by atoms with Crippen molar-refractivity contribution in [3.05, 3.63) is 0 Å². The quantitative estimate of drug-likeness (QED) is 0.521. The third-order valence-corrected chi connectivity index (χ3v) is 2.10. The Balaban J connectivity index is 3.94. The monoisotopic (exact) mass is 192 g/mol. The van der Waals surface area contributed by atoms with Gasteiger partial charge in [-0.15, -0.1) is 0 Å². The third kappa shape index (κ3) is 4.57. The Bertz CT molecular complexity index is 114. The van der Waals surface area contributed by atoms with Gasteiger partial charge in [0.2, 0.25) is 0 Å². The van der Waals surface area contributed by atoms with E-state index in [2.05, 4.69) is 0 Å². The number of aliphatic hydroxyl groups is 3. The second-order valence-corrected chi connectivity index (χ2v) is 3.23. The zero-order valence-corrected chi connectivity index (χ0v) is 8.31. The zero-order valence-electron chi connectivity index (χ0n) is 8.31. The van der Waals surface area contributed by atoms with Crippen molar-refractivity contribution in [3.8, 4) is 0 Å². The van der Waals surface area contributed by atoms with Gasteiger partial charge in [-0.2, -0.15) is 0 Å². The maximum atomic E-state index is 8.89. The molecule has 3 N–H and O–H groups in total. The van der Waals surface area contributed by atoms with Gasteiger partial charge >= 0.3 is 0 Å². The Hall–Kier alpha value is -0.160. The Morgan fingerprint density at radius 2 is 1.62 bits per heavy atom. The summed E-state index contributed by atoms with van der Waals surface area (Å²) in [6.07, 6.45) is 0.131. The van der Waals surface area contributed by atoms with Crippen LogP contribution in [0.2, 0.25) is 0 Å². The molecule has 0 aromatic carbocycles. The molecule has 0 aliphatic heterocycles. The van der Waals surface area contributed by atoms with Gasteiger partial charge in [-0.3, -0.25) is 0 Å². The van der Waals surface area contributed by atoms with Gasteiger partial charge in [0.15, 0.2) is 0 Å². The molecule has 0 aromatic rings. The second kappa shape index (κ2) is 7.26. The van der Waals surface area contributed by atoms with E-state index in [1.807, 2.05) is 13.8 Å². The van der Waals surface area contributed by atoms with Crippen LogP contribution in [0.4, 0.5) is 0 Å². The molecule has 0 aliphatic rings. The van der Waals surface area contributed by atoms with Crippen LogP contribution in [0.5, 0.6) is 0 Å². The summed E-state index contributed by atoms with van der Waals surface area (Å²) in [6.45, 7) is 3.50. The molecule has 2 unspecified atom stereocenters. The van der Waals surface area contributed by atoms with E-state index >= 15 is 0 Å². The van der Waals surface area contributed by atoms with Crippen molar-refractivity contribution in [2.24, 2.45) is 5.92 Å². The molecule has 0 aliphatic carbocycles. The van der Waals surface area contributed by atoms with Gasteiger partial charge in [-0.25, -0.2) is 0 Å². The van der Waals surface area contributed by atoms with E-state index in [1.165, 1.54) is 0 Å². The van der Waals surface area contributed by atoms with E-state index in [0.29, 0.717) is 0 Å². The molecule has 0 rings (SSSR count). The van der Waals surface area contributed by atoms with E-state index in [4.69, 9.17) is 20.1 Å². The van der Waals surface area contributed by atoms with Crippen molar-refractivity contribution >= 4 is 0 Å². The molecule has 13 heavy (non-hydrogen) atoms. The molecular weight excluding hydrogens is 172 g/mol. The highest BCUT2D eigenvalue weighted by atomic mass is 16.5. The molecule has 80 valence electrons. The molecular formula is C9H20O4. The van der Waals surface area contributed by atoms with Crippen LogP contribution in [0, 0.1) is 5.92 Å². The SMILES string of the molecule is CCC(OC(CO)CO)C(C)CO. The van der Waals surface area contributed by atoms with Gasteiger partial charge in [0.05, 0.1) is 19.3 Å². The first-order valence-corrected chi connectivity index (χ1v) is 4.67. The highest BCUT2D eigenvalue weighted by Gasteiger charge is 2.19. The Morgan fingerprint density at radius 3 is 1.92 bits per heavy atom. The van der Waals surface area contributed by atoms with Crippen LogP contribution in [0.1, 0.15) is 20.3 Å². The Kier molecular flexibility index (Phi) is 7.17. The van der Waals surface area contributed by atoms with Gasteiger partial charge in [-0.05, 0) is 6.42 Å². The molecule has 0 heterocycles. The average molecular weight is 192 g/mol. The zero-order chi connectivity index (χ0) is 10.3. The molecule has 0 spiro atoms. The van der Waals surface area contributed by atoms with Crippen molar-refractivity contribution in [2.45, 2.75) is 32.5 Å². The van der Waals surface area contributed by atoms with Crippen molar-refractivity contribution in [1.82, 2.24) is 0 Å². The maximum absolute atomic E-state index is 8.89. The fraction of sp³-hybridized carbons (Fsp3) is 1.00. The second-order valence-electron chi connectivity index (χ2n) is 3.23. The third-order valence-electron chi connectivity index (χ3n) is 2.10. The molecule has 0 saturated carbocycles. The molecule has 4 heteroatoms. The highest BCUT2D eigenvalue weighted by molar-refractivity contribution is 4.66. The summed E-state index contributed by atoms with van der Waals surface area (Å²) in [6, 6.07) is 0. The van der Waals surface area contributed by atoms with Gasteiger partial charge in [-0.1, -0.05) is 13.8 Å². The van der Waals surface area contributed by atoms with Crippen LogP contribution < -0.4 is 0 Å². The minimum atomic E-state index is -0.529. The van der Waals surface area contributed by atoms with Crippen molar-refractivity contribution < 1.29 is 20.1 Å². The number of hydrogen-bond donors (Lipinski definition) is 3. The number of ether oxygens (including phenoxy) is 1. The van der Waals surface area contributed by atoms with E-state index in [9.17, 15) is 0 Å². The summed E-state index contributed by atoms with van der Waals surface area (Å²) in [5.74, 6) is 0.0330. The molecule has 4 nitrogen and oxygen atoms in total. The van der Waals surface area contributed by atoms with Crippen molar-refractivity contribution in [2.75, 3.05) is 19.8 Å². The van der Waals surface area contributed by atoms with Crippen LogP contribution in [0.25, 0.3) is 0 Å². The smallest absolute Gasteiger partial charge is 0.104 e. The molecule has 0 bridgehead atoms. The van der Waals surface area contributed by atoms with Crippen LogP contribution in [0.3, 0.4) is 0 Å². The molecule has 0 fully saturated rings. The minimum Gasteiger partial charge on any atom is -0.396 e. The molecule has 2 atom stereocenters. The average Bonchev–Trinajstić information content (AvgIpc) is 2.19. The predicted molar refractivity (Wildman–Crippen MR) is 49.4 cm³/mol. The lowest BCUT2D eigenvalue weighted by atomic mass is 10.0. The topological polar surface area (TPSA) is 69.9 Å². The predicted octanol–water partition coefficient (Wildman–Crippen LogP) is -0.237. The Morgan fingerprint density at radius 1 is 1.08 bits per heavy atom. The normalized spacial score (nSPS) is 16.2. The summed E-state index contributed by atoms with van der Waals surface area (Å²) >= 11 is 0. The fourth-order valence-corrected chi connectivity index (χ4v) is 1.14. The first kappa shape index (κ1) is 12.8. The number of rotatable bonds is 7. The van der Waals surface area contributed by atoms with Crippen molar-refractivity contribution in [3.63, 3.8) is 0 Å². The lowest BCUT2D eigenvalue weighted by Gasteiger charge is -2.25. The largest absolute Gasteiger partial charge is 0.396 e. The minimum absolute atomic E-state index is 0.0330. The maximum Gasteiger partial charge on any atom is 0.104 e. The van der Waals surface area contributed by atoms with E-state index in [-0.39, 0.29) is 31.8 Å². The first-order chi connectivity index (χ1) is 6.19. The standard InChI is InChI=1S/C9H20O4/c1-3-9(7(2)4-10)13-8(5-11)6-12/h7-12H,3-6H2,1-2H3. The lowest BCUT2D eigenvalue weighted by Crippen LogP contribution is -2.33. The summed E-state index contributed by atoms with van der Waals surface area (Å²) in [4.78, 5) is 0. The molecule has 0 saturated heterocycles. The van der Waals surface area contributed by atoms with Gasteiger partial charge in [0.1, 0.15) is 6.10 Å². The fourth-order valence-electron chi connectivity index (χ4n) is 1.14. The highest BCUT2D eigenvalue weighted by Crippen LogP contribution is 2.12. The van der Waals surface area contributed by atoms with Crippen LogP contribution in [-0.2, 0) is 4.74 Å². The van der Waals surface area contributed by atoms with Gasteiger partial charge in [0.25, 0.3) is 0 Å². The van der Waals surface area contributed by atoms with Gasteiger partial charge in [0, 0.05) is 12.5 Å². The van der Waals surface area contributed by atoms with Gasteiger partial charge < -0.3 is 20.1 Å². The summed E-state index contributed by atoms with van der Waals surface area (Å²) < 4.78 is 5.39.